The Bertz CT molecular complexity index is 462. The van der Waals surface area contributed by atoms with Crippen molar-refractivity contribution in [2.75, 3.05) is 0 Å². The number of carbonyl (C=O) groups excluding carboxylic acids is 2. The lowest BCUT2D eigenvalue weighted by Gasteiger charge is -2.27. The van der Waals surface area contributed by atoms with Crippen LogP contribution in [0.15, 0.2) is 24.3 Å². The number of benzene rings is 1. The highest BCUT2D eigenvalue weighted by molar-refractivity contribution is 6.30. The summed E-state index contributed by atoms with van der Waals surface area (Å²) in [5.74, 6) is -0.0159. The van der Waals surface area contributed by atoms with Crippen molar-refractivity contribution in [3.63, 3.8) is 0 Å². The molecule has 19 heavy (non-hydrogen) atoms. The molecule has 1 fully saturated rings. The largest absolute Gasteiger partial charge is 0.369 e. The Morgan fingerprint density at radius 3 is 2.21 bits per heavy atom. The highest BCUT2D eigenvalue weighted by Crippen LogP contribution is 2.36. The number of primary amides is 1. The third-order valence-corrected chi connectivity index (χ3v) is 4.12. The van der Waals surface area contributed by atoms with Crippen molar-refractivity contribution in [1.29, 1.82) is 0 Å². The van der Waals surface area contributed by atoms with Crippen molar-refractivity contribution in [3.05, 3.63) is 34.9 Å². The molecule has 0 spiro atoms. The van der Waals surface area contributed by atoms with Gasteiger partial charge in [0.15, 0.2) is 0 Å². The van der Waals surface area contributed by atoms with Gasteiger partial charge in [0, 0.05) is 10.9 Å². The summed E-state index contributed by atoms with van der Waals surface area (Å²) in [5, 5.41) is 0.745. The summed E-state index contributed by atoms with van der Waals surface area (Å²) >= 11 is 5.88. The van der Waals surface area contributed by atoms with Gasteiger partial charge in [-0.25, -0.2) is 0 Å². The summed E-state index contributed by atoms with van der Waals surface area (Å²) < 4.78 is 0. The van der Waals surface area contributed by atoms with E-state index in [-0.39, 0.29) is 18.1 Å². The minimum atomic E-state index is -0.523. The number of carbonyl (C=O) groups is 2. The highest BCUT2D eigenvalue weighted by Gasteiger charge is 2.27. The SMILES string of the molecule is NC(=O)CC(=O)C1CCC(c2ccc(Cl)cc2)CC1. The molecule has 1 aliphatic rings. The maximum Gasteiger partial charge on any atom is 0.224 e. The normalized spacial score (nSPS) is 23.0. The monoisotopic (exact) mass is 279 g/mol. The van der Waals surface area contributed by atoms with Gasteiger partial charge in [-0.1, -0.05) is 23.7 Å². The molecule has 1 aromatic carbocycles. The highest BCUT2D eigenvalue weighted by atomic mass is 35.5. The summed E-state index contributed by atoms with van der Waals surface area (Å²) in [5.41, 5.74) is 6.34. The summed E-state index contributed by atoms with van der Waals surface area (Å²) in [7, 11) is 0. The Morgan fingerprint density at radius 2 is 1.68 bits per heavy atom. The van der Waals surface area contributed by atoms with Crippen molar-refractivity contribution in [1.82, 2.24) is 0 Å². The van der Waals surface area contributed by atoms with Gasteiger partial charge in [-0.3, -0.25) is 9.59 Å². The zero-order valence-corrected chi connectivity index (χ0v) is 11.5. The fourth-order valence-corrected chi connectivity index (χ4v) is 2.93. The van der Waals surface area contributed by atoms with Crippen LogP contribution in [0.4, 0.5) is 0 Å². The van der Waals surface area contributed by atoms with E-state index in [1.807, 2.05) is 12.1 Å². The van der Waals surface area contributed by atoms with Crippen molar-refractivity contribution in [2.45, 2.75) is 38.0 Å². The van der Waals surface area contributed by atoms with E-state index in [2.05, 4.69) is 12.1 Å². The van der Waals surface area contributed by atoms with E-state index >= 15 is 0 Å². The average molecular weight is 280 g/mol. The van der Waals surface area contributed by atoms with E-state index < -0.39 is 5.91 Å². The summed E-state index contributed by atoms with van der Waals surface area (Å²) in [6, 6.07) is 7.92. The number of hydrogen-bond donors (Lipinski definition) is 1. The van der Waals surface area contributed by atoms with Gasteiger partial charge in [0.05, 0.1) is 6.42 Å². The van der Waals surface area contributed by atoms with E-state index in [0.29, 0.717) is 5.92 Å². The van der Waals surface area contributed by atoms with Crippen LogP contribution in [-0.2, 0) is 9.59 Å². The number of halogens is 1. The first kappa shape index (κ1) is 14.1. The van der Waals surface area contributed by atoms with Crippen LogP contribution in [0, 0.1) is 5.92 Å². The van der Waals surface area contributed by atoms with Gasteiger partial charge in [-0.15, -0.1) is 0 Å². The molecule has 3 nitrogen and oxygen atoms in total. The zero-order valence-electron chi connectivity index (χ0n) is 10.8. The van der Waals surface area contributed by atoms with Gasteiger partial charge in [0.2, 0.25) is 5.91 Å². The number of rotatable bonds is 4. The molecule has 0 aliphatic heterocycles. The molecule has 102 valence electrons. The molecule has 0 heterocycles. The number of nitrogens with two attached hydrogens (primary N) is 1. The van der Waals surface area contributed by atoms with Gasteiger partial charge in [-0.05, 0) is 49.3 Å². The van der Waals surface area contributed by atoms with Crippen LogP contribution >= 0.6 is 11.6 Å². The number of hydrogen-bond acceptors (Lipinski definition) is 2. The van der Waals surface area contributed by atoms with Gasteiger partial charge in [0.25, 0.3) is 0 Å². The third-order valence-electron chi connectivity index (χ3n) is 3.87. The molecule has 1 aliphatic carbocycles. The second kappa shape index (κ2) is 6.20. The fraction of sp³-hybridized carbons (Fsp3) is 0.467. The van der Waals surface area contributed by atoms with Crippen molar-refractivity contribution < 1.29 is 9.59 Å². The van der Waals surface area contributed by atoms with Crippen molar-refractivity contribution in [3.8, 4) is 0 Å². The standard InChI is InChI=1S/C15H18ClNO2/c16-13-7-5-11(6-8-13)10-1-3-12(4-2-10)14(18)9-15(17)19/h5-8,10,12H,1-4,9H2,(H2,17,19). The quantitative estimate of drug-likeness (QED) is 0.861. The Labute approximate surface area is 118 Å². The number of Topliss-reactive ketones (excluding diaryl/α,β-unsaturated/α-hetero) is 1. The van der Waals surface area contributed by atoms with E-state index in [1.165, 1.54) is 5.56 Å². The predicted molar refractivity (Wildman–Crippen MR) is 75.0 cm³/mol. The first-order valence-corrected chi connectivity index (χ1v) is 7.00. The van der Waals surface area contributed by atoms with E-state index in [0.717, 1.165) is 30.7 Å². The maximum atomic E-state index is 11.8. The molecule has 0 aromatic heterocycles. The molecular weight excluding hydrogens is 262 g/mol. The molecule has 1 aromatic rings. The Kier molecular flexibility index (Phi) is 4.59. The Balaban J connectivity index is 1.90. The zero-order chi connectivity index (χ0) is 13.8. The second-order valence-electron chi connectivity index (χ2n) is 5.21. The van der Waals surface area contributed by atoms with Crippen molar-refractivity contribution in [2.24, 2.45) is 11.7 Å². The van der Waals surface area contributed by atoms with Crippen LogP contribution in [0.2, 0.25) is 5.02 Å². The Hall–Kier alpha value is -1.35. The second-order valence-corrected chi connectivity index (χ2v) is 5.65. The summed E-state index contributed by atoms with van der Waals surface area (Å²) in [4.78, 5) is 22.5. The molecule has 2 N–H and O–H groups in total. The third kappa shape index (κ3) is 3.80. The van der Waals surface area contributed by atoms with E-state index in [9.17, 15) is 9.59 Å². The molecule has 0 bridgehead atoms. The van der Waals surface area contributed by atoms with Gasteiger partial charge >= 0.3 is 0 Å². The minimum Gasteiger partial charge on any atom is -0.369 e. The molecule has 4 heteroatoms. The lowest BCUT2D eigenvalue weighted by molar-refractivity contribution is -0.129. The minimum absolute atomic E-state index is 0.00190. The van der Waals surface area contributed by atoms with Crippen LogP contribution in [0.3, 0.4) is 0 Å². The van der Waals surface area contributed by atoms with Crippen LogP contribution in [-0.4, -0.2) is 11.7 Å². The summed E-state index contributed by atoms with van der Waals surface area (Å²) in [6.45, 7) is 0. The number of ketones is 1. The van der Waals surface area contributed by atoms with Gasteiger partial charge in [-0.2, -0.15) is 0 Å². The van der Waals surface area contributed by atoms with E-state index in [1.54, 1.807) is 0 Å². The molecule has 2 rings (SSSR count). The number of amides is 1. The first-order valence-electron chi connectivity index (χ1n) is 6.62. The molecule has 1 amide bonds. The van der Waals surface area contributed by atoms with Crippen LogP contribution in [0.25, 0.3) is 0 Å². The molecule has 0 radical (unpaired) electrons. The molecule has 0 saturated heterocycles. The molecule has 0 unspecified atom stereocenters. The van der Waals surface area contributed by atoms with E-state index in [4.69, 9.17) is 17.3 Å². The van der Waals surface area contributed by atoms with Gasteiger partial charge < -0.3 is 5.73 Å². The van der Waals surface area contributed by atoms with Crippen LogP contribution in [0.1, 0.15) is 43.6 Å². The predicted octanol–water partition coefficient (Wildman–Crippen LogP) is 3.06. The van der Waals surface area contributed by atoms with Gasteiger partial charge in [0.1, 0.15) is 5.78 Å². The topological polar surface area (TPSA) is 60.2 Å². The van der Waals surface area contributed by atoms with Crippen molar-refractivity contribution >= 4 is 23.3 Å². The smallest absolute Gasteiger partial charge is 0.224 e. The maximum absolute atomic E-state index is 11.8. The fourth-order valence-electron chi connectivity index (χ4n) is 2.80. The average Bonchev–Trinajstić information content (AvgIpc) is 2.39. The lowest BCUT2D eigenvalue weighted by Crippen LogP contribution is -2.25. The first-order chi connectivity index (χ1) is 9.06. The molecule has 0 atom stereocenters. The lowest BCUT2D eigenvalue weighted by atomic mass is 9.77. The molecular formula is C15H18ClNO2. The molecule has 1 saturated carbocycles. The summed E-state index contributed by atoms with van der Waals surface area (Å²) in [6.07, 6.45) is 3.54. The van der Waals surface area contributed by atoms with Crippen LogP contribution < -0.4 is 5.73 Å². The van der Waals surface area contributed by atoms with Crippen LogP contribution in [0.5, 0.6) is 0 Å². The Morgan fingerprint density at radius 1 is 1.11 bits per heavy atom.